The lowest BCUT2D eigenvalue weighted by molar-refractivity contribution is 0.322. The van der Waals surface area contributed by atoms with Gasteiger partial charge in [-0.25, -0.2) is 0 Å². The van der Waals surface area contributed by atoms with Crippen LogP contribution in [0.4, 0.5) is 0 Å². The van der Waals surface area contributed by atoms with E-state index in [1.54, 1.807) is 35.5 Å². The van der Waals surface area contributed by atoms with Gasteiger partial charge in [0.2, 0.25) is 5.75 Å². The van der Waals surface area contributed by atoms with Crippen molar-refractivity contribution >= 4 is 29.9 Å². The van der Waals surface area contributed by atoms with Gasteiger partial charge in [-0.05, 0) is 30.2 Å². The molecule has 0 aliphatic rings. The number of aliphatic imine (C=N–C) groups is 1. The average molecular weight is 529 g/mol. The second-order valence-electron chi connectivity index (χ2n) is 6.42. The van der Waals surface area contributed by atoms with Crippen LogP contribution in [-0.2, 0) is 13.0 Å². The van der Waals surface area contributed by atoms with Crippen molar-refractivity contribution in [1.82, 2.24) is 10.2 Å². The van der Waals surface area contributed by atoms with Crippen LogP contribution in [0.15, 0.2) is 41.4 Å². The standard InChI is InChI=1S/C22H31N3O4.HI/c1-23-22(25(2)15-16-7-10-18(26-3)11-8-16)24-14-13-17-9-12-19(27-4)21(29-6)20(17)28-5;/h7-12H,13-15H2,1-6H3,(H,23,24);1H. The van der Waals surface area contributed by atoms with Gasteiger partial charge in [-0.2, -0.15) is 0 Å². The Morgan fingerprint density at radius 2 is 1.57 bits per heavy atom. The molecule has 0 fully saturated rings. The number of halogens is 1. The van der Waals surface area contributed by atoms with E-state index in [4.69, 9.17) is 18.9 Å². The van der Waals surface area contributed by atoms with Crippen LogP contribution < -0.4 is 24.3 Å². The van der Waals surface area contributed by atoms with Crippen LogP contribution in [0.3, 0.4) is 0 Å². The Balaban J connectivity index is 0.00000450. The highest BCUT2D eigenvalue weighted by molar-refractivity contribution is 14.0. The molecular weight excluding hydrogens is 497 g/mol. The molecule has 8 heteroatoms. The summed E-state index contributed by atoms with van der Waals surface area (Å²) in [5.74, 6) is 3.61. The van der Waals surface area contributed by atoms with Crippen LogP contribution in [0.2, 0.25) is 0 Å². The van der Waals surface area contributed by atoms with Crippen LogP contribution in [0.1, 0.15) is 11.1 Å². The summed E-state index contributed by atoms with van der Waals surface area (Å²) in [5.41, 5.74) is 2.21. The van der Waals surface area contributed by atoms with Gasteiger partial charge in [-0.15, -0.1) is 24.0 Å². The molecule has 0 heterocycles. The Labute approximate surface area is 196 Å². The largest absolute Gasteiger partial charge is 0.497 e. The normalized spacial score (nSPS) is 10.7. The van der Waals surface area contributed by atoms with Crippen LogP contribution in [0.25, 0.3) is 0 Å². The first-order chi connectivity index (χ1) is 14.1. The molecule has 7 nitrogen and oxygen atoms in total. The van der Waals surface area contributed by atoms with E-state index in [0.717, 1.165) is 30.2 Å². The van der Waals surface area contributed by atoms with Gasteiger partial charge in [0.05, 0.1) is 28.4 Å². The van der Waals surface area contributed by atoms with Gasteiger partial charge in [-0.3, -0.25) is 4.99 Å². The summed E-state index contributed by atoms with van der Waals surface area (Å²) in [7, 11) is 10.3. The number of guanidine groups is 1. The minimum atomic E-state index is 0. The van der Waals surface area contributed by atoms with Crippen LogP contribution in [0.5, 0.6) is 23.0 Å². The molecule has 2 aromatic rings. The fourth-order valence-electron chi connectivity index (χ4n) is 3.13. The molecule has 0 radical (unpaired) electrons. The van der Waals surface area contributed by atoms with Crippen molar-refractivity contribution in [3.05, 3.63) is 47.5 Å². The molecule has 0 aromatic heterocycles. The first-order valence-corrected chi connectivity index (χ1v) is 9.40. The Morgan fingerprint density at radius 3 is 2.10 bits per heavy atom. The van der Waals surface area contributed by atoms with Crippen LogP contribution >= 0.6 is 24.0 Å². The molecule has 0 spiro atoms. The van der Waals surface area contributed by atoms with Crippen molar-refractivity contribution in [2.24, 2.45) is 4.99 Å². The third-order valence-corrected chi connectivity index (χ3v) is 4.62. The maximum Gasteiger partial charge on any atom is 0.203 e. The molecule has 0 bridgehead atoms. The third-order valence-electron chi connectivity index (χ3n) is 4.62. The molecule has 166 valence electrons. The summed E-state index contributed by atoms with van der Waals surface area (Å²) < 4.78 is 21.6. The maximum absolute atomic E-state index is 5.56. The average Bonchev–Trinajstić information content (AvgIpc) is 2.76. The lowest BCUT2D eigenvalue weighted by atomic mass is 10.1. The predicted octanol–water partition coefficient (Wildman–Crippen LogP) is 3.59. The van der Waals surface area contributed by atoms with E-state index in [0.29, 0.717) is 23.8 Å². The van der Waals surface area contributed by atoms with Crippen molar-refractivity contribution in [1.29, 1.82) is 0 Å². The quantitative estimate of drug-likeness (QED) is 0.305. The van der Waals surface area contributed by atoms with Gasteiger partial charge in [0, 0.05) is 32.7 Å². The summed E-state index contributed by atoms with van der Waals surface area (Å²) in [5, 5.41) is 3.40. The third kappa shape index (κ3) is 6.58. The second-order valence-corrected chi connectivity index (χ2v) is 6.42. The second kappa shape index (κ2) is 13.0. The van der Waals surface area contributed by atoms with E-state index in [9.17, 15) is 0 Å². The molecule has 0 saturated carbocycles. The number of nitrogens with zero attached hydrogens (tertiary/aromatic N) is 2. The molecular formula is C22H32IN3O4. The maximum atomic E-state index is 5.56. The predicted molar refractivity (Wildman–Crippen MR) is 131 cm³/mol. The van der Waals surface area contributed by atoms with Crippen molar-refractivity contribution in [2.75, 3.05) is 49.1 Å². The van der Waals surface area contributed by atoms with Crippen LogP contribution in [-0.4, -0.2) is 59.9 Å². The zero-order valence-corrected chi connectivity index (χ0v) is 20.9. The van der Waals surface area contributed by atoms with Crippen molar-refractivity contribution < 1.29 is 18.9 Å². The smallest absolute Gasteiger partial charge is 0.203 e. The highest BCUT2D eigenvalue weighted by Crippen LogP contribution is 2.39. The van der Waals surface area contributed by atoms with Crippen molar-refractivity contribution in [2.45, 2.75) is 13.0 Å². The molecule has 0 atom stereocenters. The van der Waals surface area contributed by atoms with E-state index in [2.05, 4.69) is 27.3 Å². The van der Waals surface area contributed by atoms with Gasteiger partial charge in [-0.1, -0.05) is 18.2 Å². The molecule has 0 saturated heterocycles. The number of benzene rings is 2. The fraction of sp³-hybridized carbons (Fsp3) is 0.409. The number of ether oxygens (including phenoxy) is 4. The first kappa shape index (κ1) is 25.7. The molecule has 0 aliphatic carbocycles. The molecule has 2 rings (SSSR count). The van der Waals surface area contributed by atoms with Crippen LogP contribution in [0, 0.1) is 0 Å². The number of rotatable bonds is 9. The van der Waals surface area contributed by atoms with Crippen molar-refractivity contribution in [3.63, 3.8) is 0 Å². The minimum Gasteiger partial charge on any atom is -0.497 e. The first-order valence-electron chi connectivity index (χ1n) is 9.40. The van der Waals surface area contributed by atoms with E-state index in [-0.39, 0.29) is 24.0 Å². The Kier molecular flexibility index (Phi) is 11.2. The molecule has 0 unspecified atom stereocenters. The highest BCUT2D eigenvalue weighted by Gasteiger charge is 2.16. The summed E-state index contributed by atoms with van der Waals surface area (Å²) in [4.78, 5) is 6.46. The lowest BCUT2D eigenvalue weighted by Crippen LogP contribution is -2.39. The highest BCUT2D eigenvalue weighted by atomic mass is 127. The van der Waals surface area contributed by atoms with Gasteiger partial charge in [0.25, 0.3) is 0 Å². The van der Waals surface area contributed by atoms with Gasteiger partial charge in [0.15, 0.2) is 17.5 Å². The van der Waals surface area contributed by atoms with E-state index >= 15 is 0 Å². The minimum absolute atomic E-state index is 0. The summed E-state index contributed by atoms with van der Waals surface area (Å²) in [6, 6.07) is 11.9. The zero-order chi connectivity index (χ0) is 21.2. The topological polar surface area (TPSA) is 64.6 Å². The molecule has 30 heavy (non-hydrogen) atoms. The number of hydrogen-bond acceptors (Lipinski definition) is 5. The lowest BCUT2D eigenvalue weighted by Gasteiger charge is -2.22. The summed E-state index contributed by atoms with van der Waals surface area (Å²) in [6.07, 6.45) is 0.749. The molecule has 2 aromatic carbocycles. The SMILES string of the molecule is CN=C(NCCc1ccc(OC)c(OC)c1OC)N(C)Cc1ccc(OC)cc1.I. The summed E-state index contributed by atoms with van der Waals surface area (Å²) >= 11 is 0. The molecule has 0 amide bonds. The fourth-order valence-corrected chi connectivity index (χ4v) is 3.13. The van der Waals surface area contributed by atoms with E-state index in [1.165, 1.54) is 5.56 Å². The van der Waals surface area contributed by atoms with Crippen molar-refractivity contribution in [3.8, 4) is 23.0 Å². The summed E-state index contributed by atoms with van der Waals surface area (Å²) in [6.45, 7) is 1.44. The van der Waals surface area contributed by atoms with Gasteiger partial charge >= 0.3 is 0 Å². The Bertz CT molecular complexity index is 813. The van der Waals surface area contributed by atoms with E-state index < -0.39 is 0 Å². The molecule has 1 N–H and O–H groups in total. The number of nitrogens with one attached hydrogen (secondary N) is 1. The van der Waals surface area contributed by atoms with E-state index in [1.807, 2.05) is 31.3 Å². The monoisotopic (exact) mass is 529 g/mol. The number of hydrogen-bond donors (Lipinski definition) is 1. The Hall–Kier alpha value is -2.36. The Morgan fingerprint density at radius 1 is 0.900 bits per heavy atom. The van der Waals surface area contributed by atoms with Gasteiger partial charge < -0.3 is 29.2 Å². The zero-order valence-electron chi connectivity index (χ0n) is 18.5. The molecule has 0 aliphatic heterocycles. The van der Waals surface area contributed by atoms with Gasteiger partial charge in [0.1, 0.15) is 5.75 Å². The number of methoxy groups -OCH3 is 4.